The summed E-state index contributed by atoms with van der Waals surface area (Å²) in [5.41, 5.74) is 0.260. The molecule has 22 heavy (non-hydrogen) atoms. The van der Waals surface area contributed by atoms with Crippen LogP contribution in [-0.2, 0) is 11.3 Å². The molecule has 6 heteroatoms. The Kier molecular flexibility index (Phi) is 5.71. The van der Waals surface area contributed by atoms with E-state index in [4.69, 9.17) is 0 Å². The van der Waals surface area contributed by atoms with E-state index in [0.717, 1.165) is 25.7 Å². The van der Waals surface area contributed by atoms with Crippen LogP contribution in [0.25, 0.3) is 0 Å². The highest BCUT2D eigenvalue weighted by molar-refractivity contribution is 6.42. The lowest BCUT2D eigenvalue weighted by Gasteiger charge is -2.37. The van der Waals surface area contributed by atoms with Crippen molar-refractivity contribution in [2.24, 2.45) is 5.41 Å². The third-order valence-corrected chi connectivity index (χ3v) is 4.61. The molecule has 2 N–H and O–H groups in total. The smallest absolute Gasteiger partial charge is 0.292 e. The van der Waals surface area contributed by atoms with Crippen LogP contribution in [0.5, 0.6) is 0 Å². The fourth-order valence-corrected chi connectivity index (χ4v) is 3.19. The van der Waals surface area contributed by atoms with E-state index in [0.29, 0.717) is 25.1 Å². The van der Waals surface area contributed by atoms with Gasteiger partial charge in [-0.15, -0.1) is 0 Å². The van der Waals surface area contributed by atoms with Crippen molar-refractivity contribution in [3.63, 3.8) is 0 Å². The van der Waals surface area contributed by atoms with Crippen LogP contribution in [0, 0.1) is 5.41 Å². The second-order valence-electron chi connectivity index (χ2n) is 6.13. The molecule has 1 aromatic heterocycles. The van der Waals surface area contributed by atoms with Crippen molar-refractivity contribution in [1.82, 2.24) is 15.1 Å². The monoisotopic (exact) mass is 307 g/mol. The zero-order chi connectivity index (χ0) is 16.0. The van der Waals surface area contributed by atoms with Gasteiger partial charge in [0, 0.05) is 25.9 Å². The number of ketones is 1. The summed E-state index contributed by atoms with van der Waals surface area (Å²) in [7, 11) is 0. The molecule has 1 aliphatic carbocycles. The molecule has 0 saturated heterocycles. The number of hydrogen-bond acceptors (Lipinski definition) is 4. The first-order valence-corrected chi connectivity index (χ1v) is 8.06. The Balaban J connectivity index is 1.94. The maximum absolute atomic E-state index is 12.1. The molecule has 1 saturated carbocycles. The Bertz CT molecular complexity index is 513. The third kappa shape index (κ3) is 3.94. The lowest BCUT2D eigenvalue weighted by molar-refractivity contribution is -0.117. The summed E-state index contributed by atoms with van der Waals surface area (Å²) in [5, 5.41) is 16.1. The van der Waals surface area contributed by atoms with E-state index in [9.17, 15) is 14.7 Å². The van der Waals surface area contributed by atoms with Gasteiger partial charge in [-0.2, -0.15) is 5.10 Å². The Morgan fingerprint density at radius 2 is 2.09 bits per heavy atom. The zero-order valence-corrected chi connectivity index (χ0v) is 13.2. The normalized spacial score (nSPS) is 17.2. The number of hydrogen-bond donors (Lipinski definition) is 2. The first kappa shape index (κ1) is 16.7. The van der Waals surface area contributed by atoms with Crippen molar-refractivity contribution in [2.45, 2.75) is 52.0 Å². The molecule has 0 bridgehead atoms. The number of aryl methyl sites for hydroxylation is 1. The van der Waals surface area contributed by atoms with Gasteiger partial charge < -0.3 is 10.4 Å². The van der Waals surface area contributed by atoms with E-state index in [-0.39, 0.29) is 12.0 Å². The average Bonchev–Trinajstić information content (AvgIpc) is 3.02. The molecule has 0 aliphatic heterocycles. The van der Waals surface area contributed by atoms with Gasteiger partial charge in [-0.1, -0.05) is 19.3 Å². The average molecular weight is 307 g/mol. The summed E-state index contributed by atoms with van der Waals surface area (Å²) in [5.74, 6) is -1.13. The van der Waals surface area contributed by atoms with Gasteiger partial charge in [0.25, 0.3) is 11.7 Å². The number of carbonyl (C=O) groups excluding carboxylic acids is 2. The predicted octanol–water partition coefficient (Wildman–Crippen LogP) is 1.53. The van der Waals surface area contributed by atoms with Gasteiger partial charge in [0.1, 0.15) is 0 Å². The second kappa shape index (κ2) is 7.54. The minimum absolute atomic E-state index is 0.0590. The van der Waals surface area contributed by atoms with E-state index in [1.165, 1.54) is 12.6 Å². The highest BCUT2D eigenvalue weighted by atomic mass is 16.3. The lowest BCUT2D eigenvalue weighted by atomic mass is 9.72. The predicted molar refractivity (Wildman–Crippen MR) is 82.5 cm³/mol. The summed E-state index contributed by atoms with van der Waals surface area (Å²) in [6, 6.07) is 0. The van der Waals surface area contributed by atoms with Crippen molar-refractivity contribution in [1.29, 1.82) is 0 Å². The maximum atomic E-state index is 12.1. The number of aliphatic hydroxyl groups excluding tert-OH is 1. The van der Waals surface area contributed by atoms with E-state index in [2.05, 4.69) is 10.4 Å². The first-order chi connectivity index (χ1) is 10.6. The molecule has 1 aromatic rings. The molecule has 0 radical (unpaired) electrons. The first-order valence-electron chi connectivity index (χ1n) is 8.06. The maximum Gasteiger partial charge on any atom is 0.292 e. The van der Waals surface area contributed by atoms with Crippen LogP contribution in [0.4, 0.5) is 0 Å². The van der Waals surface area contributed by atoms with Crippen molar-refractivity contribution in [3.8, 4) is 0 Å². The number of amides is 1. The standard InChI is InChI=1S/C16H25N3O3/c1-2-19-11-13(10-18-19)14(21)15(22)17-12-16(8-9-20)6-4-3-5-7-16/h10-11,20H,2-9,12H2,1H3,(H,17,22). The molecule has 1 heterocycles. The zero-order valence-electron chi connectivity index (χ0n) is 13.2. The van der Waals surface area contributed by atoms with Crippen LogP contribution in [0.3, 0.4) is 0 Å². The van der Waals surface area contributed by atoms with Crippen molar-refractivity contribution in [3.05, 3.63) is 18.0 Å². The van der Waals surface area contributed by atoms with E-state index in [1.807, 2.05) is 6.92 Å². The molecule has 6 nitrogen and oxygen atoms in total. The molecule has 1 aliphatic rings. The third-order valence-electron chi connectivity index (χ3n) is 4.61. The molecule has 0 spiro atoms. The number of aromatic nitrogens is 2. The number of rotatable bonds is 7. The van der Waals surface area contributed by atoms with Crippen LogP contribution < -0.4 is 5.32 Å². The van der Waals surface area contributed by atoms with E-state index in [1.54, 1.807) is 10.9 Å². The largest absolute Gasteiger partial charge is 0.396 e. The highest BCUT2D eigenvalue weighted by Gasteiger charge is 2.32. The van der Waals surface area contributed by atoms with E-state index >= 15 is 0 Å². The molecule has 1 fully saturated rings. The number of aliphatic hydroxyl groups is 1. The summed E-state index contributed by atoms with van der Waals surface area (Å²) in [6.07, 6.45) is 9.12. The molecular formula is C16H25N3O3. The summed E-state index contributed by atoms with van der Waals surface area (Å²) in [6.45, 7) is 3.16. The van der Waals surface area contributed by atoms with Gasteiger partial charge in [-0.25, -0.2) is 0 Å². The second-order valence-corrected chi connectivity index (χ2v) is 6.13. The van der Waals surface area contributed by atoms with Gasteiger partial charge in [0.15, 0.2) is 0 Å². The van der Waals surface area contributed by atoms with Gasteiger partial charge in [-0.3, -0.25) is 14.3 Å². The van der Waals surface area contributed by atoms with Crippen LogP contribution >= 0.6 is 0 Å². The summed E-state index contributed by atoms with van der Waals surface area (Å²) >= 11 is 0. The number of Topliss-reactive ketones (excluding diaryl/α,β-unsaturated/α-hetero) is 1. The number of nitrogens with one attached hydrogen (secondary N) is 1. The molecule has 0 atom stereocenters. The van der Waals surface area contributed by atoms with Crippen molar-refractivity contribution in [2.75, 3.05) is 13.2 Å². The van der Waals surface area contributed by atoms with Crippen LogP contribution in [0.2, 0.25) is 0 Å². The molecule has 2 rings (SSSR count). The molecule has 1 amide bonds. The van der Waals surface area contributed by atoms with Gasteiger partial charge in [-0.05, 0) is 31.6 Å². The van der Waals surface area contributed by atoms with Crippen molar-refractivity contribution < 1.29 is 14.7 Å². The van der Waals surface area contributed by atoms with E-state index < -0.39 is 11.7 Å². The fraction of sp³-hybridized carbons (Fsp3) is 0.688. The minimum atomic E-state index is -0.585. The number of nitrogens with zero attached hydrogens (tertiary/aromatic N) is 2. The Morgan fingerprint density at radius 3 is 2.68 bits per heavy atom. The van der Waals surface area contributed by atoms with Crippen LogP contribution in [0.15, 0.2) is 12.4 Å². The molecule has 0 aromatic carbocycles. The molecule has 0 unspecified atom stereocenters. The lowest BCUT2D eigenvalue weighted by Crippen LogP contribution is -2.42. The number of carbonyl (C=O) groups is 2. The van der Waals surface area contributed by atoms with Gasteiger partial charge in [0.05, 0.1) is 11.8 Å². The summed E-state index contributed by atoms with van der Waals surface area (Å²) < 4.78 is 1.62. The van der Waals surface area contributed by atoms with Crippen LogP contribution in [-0.4, -0.2) is 39.7 Å². The Labute approximate surface area is 130 Å². The van der Waals surface area contributed by atoms with Crippen LogP contribution in [0.1, 0.15) is 55.8 Å². The Hall–Kier alpha value is -1.69. The molecule has 122 valence electrons. The highest BCUT2D eigenvalue weighted by Crippen LogP contribution is 2.38. The van der Waals surface area contributed by atoms with Crippen molar-refractivity contribution >= 4 is 11.7 Å². The Morgan fingerprint density at radius 1 is 1.36 bits per heavy atom. The summed E-state index contributed by atoms with van der Waals surface area (Å²) in [4.78, 5) is 24.2. The quantitative estimate of drug-likeness (QED) is 0.591. The molecular weight excluding hydrogens is 282 g/mol. The fourth-order valence-electron chi connectivity index (χ4n) is 3.19. The van der Waals surface area contributed by atoms with Gasteiger partial charge >= 0.3 is 0 Å². The minimum Gasteiger partial charge on any atom is -0.396 e. The SMILES string of the molecule is CCn1cc(C(=O)C(=O)NCC2(CCO)CCCCC2)cn1. The topological polar surface area (TPSA) is 84.2 Å². The van der Waals surface area contributed by atoms with Gasteiger partial charge in [0.2, 0.25) is 0 Å².